The van der Waals surface area contributed by atoms with E-state index in [0.717, 1.165) is 30.3 Å². The predicted octanol–water partition coefficient (Wildman–Crippen LogP) is 4.10. The highest BCUT2D eigenvalue weighted by Gasteiger charge is 2.29. The molecule has 0 unspecified atom stereocenters. The molecule has 0 saturated heterocycles. The molecule has 20 heavy (non-hydrogen) atoms. The summed E-state index contributed by atoms with van der Waals surface area (Å²) in [4.78, 5) is 11.7. The summed E-state index contributed by atoms with van der Waals surface area (Å²) in [7, 11) is 0. The van der Waals surface area contributed by atoms with Gasteiger partial charge in [-0.05, 0) is 42.5 Å². The number of carbonyl (C=O) groups is 1. The van der Waals surface area contributed by atoms with Gasteiger partial charge in [-0.3, -0.25) is 4.79 Å². The number of amides is 1. The second kappa shape index (κ2) is 5.32. The van der Waals surface area contributed by atoms with E-state index in [-0.39, 0.29) is 11.3 Å². The van der Waals surface area contributed by atoms with Crippen molar-refractivity contribution < 1.29 is 22.4 Å². The zero-order valence-corrected chi connectivity index (χ0v) is 10.0. The van der Waals surface area contributed by atoms with Crippen molar-refractivity contribution in [2.24, 2.45) is 0 Å². The lowest BCUT2D eigenvalue weighted by atomic mass is 10.1. The molecule has 0 aromatic heterocycles. The Morgan fingerprint density at radius 1 is 1.00 bits per heavy atom. The minimum Gasteiger partial charge on any atom is -0.322 e. The Balaban J connectivity index is 2.12. The molecule has 2 rings (SSSR count). The summed E-state index contributed by atoms with van der Waals surface area (Å²) in [6, 6.07) is 9.01. The molecule has 1 amide bonds. The summed E-state index contributed by atoms with van der Waals surface area (Å²) in [6.07, 6.45) is -4.43. The number of halogens is 4. The van der Waals surface area contributed by atoms with Crippen LogP contribution < -0.4 is 5.32 Å². The minimum atomic E-state index is -4.43. The summed E-state index contributed by atoms with van der Waals surface area (Å²) in [5, 5.41) is 2.39. The maximum absolute atomic E-state index is 12.9. The Morgan fingerprint density at radius 3 is 2.20 bits per heavy atom. The van der Waals surface area contributed by atoms with Crippen LogP contribution in [0, 0.1) is 5.82 Å². The Kier molecular flexibility index (Phi) is 3.74. The fourth-order valence-electron chi connectivity index (χ4n) is 1.58. The second-order valence-corrected chi connectivity index (χ2v) is 4.04. The predicted molar refractivity (Wildman–Crippen MR) is 65.8 cm³/mol. The van der Waals surface area contributed by atoms with Gasteiger partial charge in [0.1, 0.15) is 5.82 Å². The summed E-state index contributed by atoms with van der Waals surface area (Å²) in [5.41, 5.74) is -0.515. The zero-order chi connectivity index (χ0) is 14.8. The van der Waals surface area contributed by atoms with Crippen LogP contribution in [0.25, 0.3) is 0 Å². The molecule has 0 aliphatic carbocycles. The highest BCUT2D eigenvalue weighted by Crippen LogP contribution is 2.29. The molecule has 0 bridgehead atoms. The number of alkyl halides is 3. The van der Waals surface area contributed by atoms with Crippen molar-refractivity contribution in [3.63, 3.8) is 0 Å². The van der Waals surface area contributed by atoms with Gasteiger partial charge in [0.05, 0.1) is 5.56 Å². The molecule has 2 aromatic rings. The van der Waals surface area contributed by atoms with Gasteiger partial charge in [0.15, 0.2) is 0 Å². The van der Waals surface area contributed by atoms with Crippen LogP contribution in [-0.4, -0.2) is 5.91 Å². The van der Waals surface area contributed by atoms with Gasteiger partial charge in [-0.25, -0.2) is 4.39 Å². The van der Waals surface area contributed by atoms with E-state index in [9.17, 15) is 22.4 Å². The SMILES string of the molecule is O=C(Nc1ccc(C(F)(F)F)cc1)c1cccc(F)c1. The van der Waals surface area contributed by atoms with Crippen LogP contribution in [0.2, 0.25) is 0 Å². The Bertz CT molecular complexity index is 620. The molecule has 2 aromatic carbocycles. The maximum Gasteiger partial charge on any atom is 0.416 e. The van der Waals surface area contributed by atoms with Crippen LogP contribution in [0.15, 0.2) is 48.5 Å². The summed E-state index contributed by atoms with van der Waals surface area (Å²) >= 11 is 0. The first-order chi connectivity index (χ1) is 9.36. The number of hydrogen-bond donors (Lipinski definition) is 1. The highest BCUT2D eigenvalue weighted by molar-refractivity contribution is 6.04. The molecule has 0 saturated carbocycles. The second-order valence-electron chi connectivity index (χ2n) is 4.04. The minimum absolute atomic E-state index is 0.0879. The number of benzene rings is 2. The number of anilines is 1. The zero-order valence-electron chi connectivity index (χ0n) is 10.0. The molecule has 0 fully saturated rings. The van der Waals surface area contributed by atoms with Gasteiger partial charge in [-0.15, -0.1) is 0 Å². The highest BCUT2D eigenvalue weighted by atomic mass is 19.4. The standard InChI is InChI=1S/C14H9F4NO/c15-11-3-1-2-9(8-11)13(20)19-12-6-4-10(5-7-12)14(16,17)18/h1-8H,(H,19,20). The van der Waals surface area contributed by atoms with Crippen molar-refractivity contribution in [3.05, 3.63) is 65.5 Å². The first-order valence-electron chi connectivity index (χ1n) is 5.60. The molecule has 1 N–H and O–H groups in total. The van der Waals surface area contributed by atoms with Gasteiger partial charge in [0, 0.05) is 11.3 Å². The monoisotopic (exact) mass is 283 g/mol. The first kappa shape index (κ1) is 14.0. The molecule has 2 nitrogen and oxygen atoms in total. The third-order valence-electron chi connectivity index (χ3n) is 2.56. The molecule has 0 aliphatic rings. The fourth-order valence-corrected chi connectivity index (χ4v) is 1.58. The normalized spacial score (nSPS) is 11.2. The van der Waals surface area contributed by atoms with E-state index < -0.39 is 23.5 Å². The molecular formula is C14H9F4NO. The van der Waals surface area contributed by atoms with Crippen molar-refractivity contribution in [2.75, 3.05) is 5.32 Å². The Hall–Kier alpha value is -2.37. The van der Waals surface area contributed by atoms with Gasteiger partial charge < -0.3 is 5.32 Å². The lowest BCUT2D eigenvalue weighted by Crippen LogP contribution is -2.12. The van der Waals surface area contributed by atoms with Gasteiger partial charge in [0.2, 0.25) is 0 Å². The molecule has 6 heteroatoms. The smallest absolute Gasteiger partial charge is 0.322 e. The molecule has 0 aliphatic heterocycles. The van der Waals surface area contributed by atoms with Crippen LogP contribution in [0.5, 0.6) is 0 Å². The van der Waals surface area contributed by atoms with Crippen molar-refractivity contribution in [3.8, 4) is 0 Å². The van der Waals surface area contributed by atoms with Crippen LogP contribution in [0.1, 0.15) is 15.9 Å². The average molecular weight is 283 g/mol. The lowest BCUT2D eigenvalue weighted by molar-refractivity contribution is -0.137. The van der Waals surface area contributed by atoms with Crippen LogP contribution in [0.3, 0.4) is 0 Å². The van der Waals surface area contributed by atoms with Gasteiger partial charge in [0.25, 0.3) is 5.91 Å². The molecule has 104 valence electrons. The van der Waals surface area contributed by atoms with E-state index in [0.29, 0.717) is 0 Å². The third-order valence-corrected chi connectivity index (χ3v) is 2.56. The van der Waals surface area contributed by atoms with Crippen LogP contribution in [-0.2, 0) is 6.18 Å². The first-order valence-corrected chi connectivity index (χ1v) is 5.60. The van der Waals surface area contributed by atoms with E-state index in [1.54, 1.807) is 0 Å². The number of nitrogens with one attached hydrogen (secondary N) is 1. The van der Waals surface area contributed by atoms with Crippen molar-refractivity contribution in [1.82, 2.24) is 0 Å². The molecule has 0 spiro atoms. The number of hydrogen-bond acceptors (Lipinski definition) is 1. The van der Waals surface area contributed by atoms with Gasteiger partial charge >= 0.3 is 6.18 Å². The third kappa shape index (κ3) is 3.34. The maximum atomic E-state index is 12.9. The van der Waals surface area contributed by atoms with Crippen molar-refractivity contribution in [1.29, 1.82) is 0 Å². The molecular weight excluding hydrogens is 274 g/mol. The van der Waals surface area contributed by atoms with Crippen LogP contribution in [0.4, 0.5) is 23.2 Å². The molecule has 0 atom stereocenters. The topological polar surface area (TPSA) is 29.1 Å². The van der Waals surface area contributed by atoms with E-state index in [1.807, 2.05) is 0 Å². The molecule has 0 heterocycles. The quantitative estimate of drug-likeness (QED) is 0.826. The molecule has 0 radical (unpaired) electrons. The number of carbonyl (C=O) groups excluding carboxylic acids is 1. The summed E-state index contributed by atoms with van der Waals surface area (Å²) in [5.74, 6) is -1.16. The van der Waals surface area contributed by atoms with Crippen LogP contribution >= 0.6 is 0 Å². The largest absolute Gasteiger partial charge is 0.416 e. The lowest BCUT2D eigenvalue weighted by Gasteiger charge is -2.08. The number of rotatable bonds is 2. The average Bonchev–Trinajstić information content (AvgIpc) is 2.38. The van der Waals surface area contributed by atoms with Gasteiger partial charge in [-0.2, -0.15) is 13.2 Å². The van der Waals surface area contributed by atoms with E-state index >= 15 is 0 Å². The van der Waals surface area contributed by atoms with E-state index in [4.69, 9.17) is 0 Å². The Morgan fingerprint density at radius 2 is 1.65 bits per heavy atom. The van der Waals surface area contributed by atoms with E-state index in [2.05, 4.69) is 5.32 Å². The summed E-state index contributed by atoms with van der Waals surface area (Å²) in [6.45, 7) is 0. The van der Waals surface area contributed by atoms with Crippen molar-refractivity contribution >= 4 is 11.6 Å². The fraction of sp³-hybridized carbons (Fsp3) is 0.0714. The Labute approximate surface area is 112 Å². The van der Waals surface area contributed by atoms with E-state index in [1.165, 1.54) is 18.2 Å². The summed E-state index contributed by atoms with van der Waals surface area (Å²) < 4.78 is 50.0. The van der Waals surface area contributed by atoms with Gasteiger partial charge in [-0.1, -0.05) is 6.07 Å². The van der Waals surface area contributed by atoms with Crippen molar-refractivity contribution in [2.45, 2.75) is 6.18 Å².